The van der Waals surface area contributed by atoms with Crippen molar-refractivity contribution in [2.24, 2.45) is 5.73 Å². The van der Waals surface area contributed by atoms with E-state index in [4.69, 9.17) is 5.73 Å². The molecule has 0 radical (unpaired) electrons. The molecule has 0 aromatic carbocycles. The Morgan fingerprint density at radius 2 is 2.00 bits per heavy atom. The molecule has 4 nitrogen and oxygen atoms in total. The van der Waals surface area contributed by atoms with Crippen LogP contribution in [0.5, 0.6) is 0 Å². The van der Waals surface area contributed by atoms with Gasteiger partial charge in [-0.15, -0.1) is 0 Å². The molecule has 2 rings (SSSR count). The highest BCUT2D eigenvalue weighted by Gasteiger charge is 2.27. The third-order valence-corrected chi connectivity index (χ3v) is 3.80. The van der Waals surface area contributed by atoms with Crippen LogP contribution < -0.4 is 5.73 Å². The molecule has 4 heteroatoms. The Kier molecular flexibility index (Phi) is 4.18. The average molecular weight is 225 g/mol. The van der Waals surface area contributed by atoms with E-state index in [0.717, 1.165) is 32.6 Å². The van der Waals surface area contributed by atoms with Crippen LogP contribution in [0.1, 0.15) is 32.1 Å². The van der Waals surface area contributed by atoms with Gasteiger partial charge in [-0.25, -0.2) is 0 Å². The van der Waals surface area contributed by atoms with E-state index in [1.54, 1.807) is 0 Å². The molecule has 0 aromatic rings. The summed E-state index contributed by atoms with van der Waals surface area (Å²) < 4.78 is 0. The zero-order valence-electron chi connectivity index (χ0n) is 10.0. The summed E-state index contributed by atoms with van der Waals surface area (Å²) in [5, 5.41) is 0. The largest absolute Gasteiger partial charge is 0.341 e. The van der Waals surface area contributed by atoms with Gasteiger partial charge in [-0.1, -0.05) is 6.42 Å². The number of nitrogens with two attached hydrogens (primary N) is 1. The summed E-state index contributed by atoms with van der Waals surface area (Å²) in [4.78, 5) is 16.2. The van der Waals surface area contributed by atoms with Gasteiger partial charge in [0.15, 0.2) is 0 Å². The molecule has 0 aliphatic carbocycles. The number of nitrogens with zero attached hydrogens (tertiary/aromatic N) is 2. The van der Waals surface area contributed by atoms with Crippen LogP contribution in [0.2, 0.25) is 0 Å². The number of hydrogen-bond donors (Lipinski definition) is 1. The van der Waals surface area contributed by atoms with Gasteiger partial charge in [0.25, 0.3) is 0 Å². The van der Waals surface area contributed by atoms with Crippen LogP contribution in [0, 0.1) is 0 Å². The van der Waals surface area contributed by atoms with Gasteiger partial charge in [0, 0.05) is 19.1 Å². The van der Waals surface area contributed by atoms with E-state index in [2.05, 4.69) is 4.90 Å². The van der Waals surface area contributed by atoms with Crippen molar-refractivity contribution in [2.45, 2.75) is 38.1 Å². The zero-order valence-corrected chi connectivity index (χ0v) is 10.0. The lowest BCUT2D eigenvalue weighted by Crippen LogP contribution is -2.50. The highest BCUT2D eigenvalue weighted by molar-refractivity contribution is 5.79. The highest BCUT2D eigenvalue weighted by Crippen LogP contribution is 2.19. The van der Waals surface area contributed by atoms with Gasteiger partial charge in [-0.3, -0.25) is 9.69 Å². The van der Waals surface area contributed by atoms with Crippen LogP contribution in [-0.2, 0) is 4.79 Å². The van der Waals surface area contributed by atoms with Crippen LogP contribution in [0.15, 0.2) is 0 Å². The Morgan fingerprint density at radius 1 is 1.19 bits per heavy atom. The van der Waals surface area contributed by atoms with Crippen molar-refractivity contribution in [2.75, 3.05) is 32.7 Å². The summed E-state index contributed by atoms with van der Waals surface area (Å²) in [5.41, 5.74) is 5.63. The van der Waals surface area contributed by atoms with Crippen LogP contribution in [0.25, 0.3) is 0 Å². The third kappa shape index (κ3) is 2.74. The molecule has 0 saturated carbocycles. The predicted octanol–water partition coefficient (Wildman–Crippen LogP) is 0.422. The second-order valence-corrected chi connectivity index (χ2v) is 4.93. The lowest BCUT2D eigenvalue weighted by atomic mass is 9.99. The van der Waals surface area contributed by atoms with Gasteiger partial charge in [0.2, 0.25) is 5.91 Å². The van der Waals surface area contributed by atoms with Gasteiger partial charge >= 0.3 is 0 Å². The minimum Gasteiger partial charge on any atom is -0.341 e. The summed E-state index contributed by atoms with van der Waals surface area (Å²) in [5.74, 6) is 0.315. The predicted molar refractivity (Wildman–Crippen MR) is 64.1 cm³/mol. The van der Waals surface area contributed by atoms with Crippen molar-refractivity contribution >= 4 is 5.91 Å². The van der Waals surface area contributed by atoms with Crippen molar-refractivity contribution in [1.29, 1.82) is 0 Å². The second kappa shape index (κ2) is 5.64. The van der Waals surface area contributed by atoms with Gasteiger partial charge in [-0.05, 0) is 38.8 Å². The van der Waals surface area contributed by atoms with Crippen LogP contribution in [-0.4, -0.2) is 54.5 Å². The fraction of sp³-hybridized carbons (Fsp3) is 0.917. The molecule has 2 aliphatic heterocycles. The van der Waals surface area contributed by atoms with Crippen molar-refractivity contribution in [3.8, 4) is 0 Å². The molecule has 0 aromatic heterocycles. The number of piperidine rings is 1. The fourth-order valence-corrected chi connectivity index (χ4v) is 2.63. The smallest absolute Gasteiger partial charge is 0.236 e. The molecule has 2 heterocycles. The number of amides is 1. The molecular weight excluding hydrogens is 202 g/mol. The molecule has 1 unspecified atom stereocenters. The Hall–Kier alpha value is -0.610. The van der Waals surface area contributed by atoms with Crippen LogP contribution in [0.4, 0.5) is 0 Å². The van der Waals surface area contributed by atoms with Crippen LogP contribution >= 0.6 is 0 Å². The van der Waals surface area contributed by atoms with E-state index in [9.17, 15) is 4.79 Å². The fourth-order valence-electron chi connectivity index (χ4n) is 2.63. The van der Waals surface area contributed by atoms with Gasteiger partial charge in [-0.2, -0.15) is 0 Å². The molecule has 0 bridgehead atoms. The highest BCUT2D eigenvalue weighted by atomic mass is 16.2. The molecule has 2 N–H and O–H groups in total. The Balaban J connectivity index is 1.82. The summed E-state index contributed by atoms with van der Waals surface area (Å²) in [6.07, 6.45) is 5.95. The quantitative estimate of drug-likeness (QED) is 0.754. The minimum atomic E-state index is 0.315. The maximum absolute atomic E-state index is 11.9. The molecule has 1 amide bonds. The number of likely N-dealkylation sites (tertiary alicyclic amines) is 2. The first-order chi connectivity index (χ1) is 7.81. The summed E-state index contributed by atoms with van der Waals surface area (Å²) in [6, 6.07) is 0.545. The molecule has 2 saturated heterocycles. The van der Waals surface area contributed by atoms with E-state index in [1.165, 1.54) is 25.7 Å². The van der Waals surface area contributed by atoms with Gasteiger partial charge < -0.3 is 10.6 Å². The van der Waals surface area contributed by atoms with Crippen LogP contribution in [0.3, 0.4) is 0 Å². The summed E-state index contributed by atoms with van der Waals surface area (Å²) in [7, 11) is 0. The van der Waals surface area contributed by atoms with Crippen molar-refractivity contribution in [1.82, 2.24) is 9.80 Å². The van der Waals surface area contributed by atoms with E-state index in [-0.39, 0.29) is 0 Å². The third-order valence-electron chi connectivity index (χ3n) is 3.80. The summed E-state index contributed by atoms with van der Waals surface area (Å²) in [6.45, 7) is 4.36. The number of carbonyl (C=O) groups is 1. The number of rotatable bonds is 4. The maximum Gasteiger partial charge on any atom is 0.236 e. The minimum absolute atomic E-state index is 0.315. The molecule has 92 valence electrons. The SMILES string of the molecule is NCCC1CCCCN1CC(=O)N1CCC1. The van der Waals surface area contributed by atoms with Crippen molar-refractivity contribution < 1.29 is 4.79 Å². The first kappa shape index (κ1) is 11.9. The van der Waals surface area contributed by atoms with Crippen molar-refractivity contribution in [3.63, 3.8) is 0 Å². The first-order valence-corrected chi connectivity index (χ1v) is 6.53. The van der Waals surface area contributed by atoms with Gasteiger partial charge in [0.05, 0.1) is 6.54 Å². The van der Waals surface area contributed by atoms with E-state index < -0.39 is 0 Å². The maximum atomic E-state index is 11.9. The molecular formula is C12H23N3O. The number of hydrogen-bond acceptors (Lipinski definition) is 3. The lowest BCUT2D eigenvalue weighted by Gasteiger charge is -2.38. The Labute approximate surface area is 97.8 Å². The monoisotopic (exact) mass is 225 g/mol. The van der Waals surface area contributed by atoms with E-state index in [1.807, 2.05) is 4.90 Å². The van der Waals surface area contributed by atoms with E-state index in [0.29, 0.717) is 18.5 Å². The van der Waals surface area contributed by atoms with Crippen molar-refractivity contribution in [3.05, 3.63) is 0 Å². The normalized spacial score (nSPS) is 26.6. The Bertz CT molecular complexity index is 238. The Morgan fingerprint density at radius 3 is 2.62 bits per heavy atom. The molecule has 16 heavy (non-hydrogen) atoms. The second-order valence-electron chi connectivity index (χ2n) is 4.93. The number of carbonyl (C=O) groups excluding carboxylic acids is 1. The molecule has 2 aliphatic rings. The zero-order chi connectivity index (χ0) is 11.4. The topological polar surface area (TPSA) is 49.6 Å². The van der Waals surface area contributed by atoms with E-state index >= 15 is 0 Å². The standard InChI is InChI=1S/C12H23N3O/c13-6-5-11-4-1-2-7-15(11)10-12(16)14-8-3-9-14/h11H,1-10,13H2. The molecule has 0 spiro atoms. The molecule has 1 atom stereocenters. The first-order valence-electron chi connectivity index (χ1n) is 6.53. The summed E-state index contributed by atoms with van der Waals surface area (Å²) >= 11 is 0. The average Bonchev–Trinajstić information content (AvgIpc) is 2.18. The molecule has 2 fully saturated rings. The lowest BCUT2D eigenvalue weighted by molar-refractivity contribution is -0.136. The van der Waals surface area contributed by atoms with Gasteiger partial charge in [0.1, 0.15) is 0 Å².